The number of amides is 2. The summed E-state index contributed by atoms with van der Waals surface area (Å²) in [6.07, 6.45) is 0.221. The number of aryl methyl sites for hydroxylation is 3. The van der Waals surface area contributed by atoms with Crippen molar-refractivity contribution in [2.45, 2.75) is 33.2 Å². The third-order valence-corrected chi connectivity index (χ3v) is 5.10. The first-order chi connectivity index (χ1) is 11.8. The molecule has 2 amide bonds. The number of hydrogen-bond acceptors (Lipinski definition) is 3. The Labute approximate surface area is 147 Å². The van der Waals surface area contributed by atoms with E-state index in [-0.39, 0.29) is 24.3 Å². The minimum Gasteiger partial charge on any atom is -0.338 e. The lowest BCUT2D eigenvalue weighted by Crippen LogP contribution is -2.30. The van der Waals surface area contributed by atoms with E-state index in [1.54, 1.807) is 16.6 Å². The molecule has 0 spiro atoms. The maximum absolute atomic E-state index is 12.9. The number of nitrogens with zero attached hydrogens (tertiary/aromatic N) is 3. The molecule has 1 aliphatic rings. The Kier molecular flexibility index (Phi) is 4.37. The third-order valence-electron chi connectivity index (χ3n) is 5.10. The molecule has 1 aromatic heterocycles. The zero-order chi connectivity index (χ0) is 18.3. The second-order valence-corrected chi connectivity index (χ2v) is 6.83. The fourth-order valence-corrected chi connectivity index (χ4v) is 3.49. The predicted octanol–water partition coefficient (Wildman–Crippen LogP) is 2.50. The molecule has 2 heterocycles. The highest BCUT2D eigenvalue weighted by Crippen LogP contribution is 2.38. The summed E-state index contributed by atoms with van der Waals surface area (Å²) < 4.78 is 1.74. The van der Waals surface area contributed by atoms with E-state index in [4.69, 9.17) is 0 Å². The van der Waals surface area contributed by atoms with Crippen LogP contribution in [0.3, 0.4) is 0 Å². The molecule has 0 radical (unpaired) electrons. The van der Waals surface area contributed by atoms with Gasteiger partial charge in [-0.2, -0.15) is 5.10 Å². The van der Waals surface area contributed by atoms with E-state index in [9.17, 15) is 9.59 Å². The number of rotatable bonds is 3. The molecule has 0 bridgehead atoms. The number of carbonyl (C=O) groups excluding carboxylic acids is 2. The molecule has 2 atom stereocenters. The number of hydrogen-bond donors (Lipinski definition) is 1. The van der Waals surface area contributed by atoms with E-state index >= 15 is 0 Å². The van der Waals surface area contributed by atoms with Crippen LogP contribution in [0.2, 0.25) is 0 Å². The van der Waals surface area contributed by atoms with E-state index in [2.05, 4.69) is 10.4 Å². The van der Waals surface area contributed by atoms with Crippen LogP contribution in [0.1, 0.15) is 35.0 Å². The highest BCUT2D eigenvalue weighted by molar-refractivity contribution is 5.98. The zero-order valence-electron chi connectivity index (χ0n) is 15.3. The zero-order valence-corrected chi connectivity index (χ0v) is 15.3. The molecule has 0 saturated carbocycles. The first kappa shape index (κ1) is 17.2. The summed E-state index contributed by atoms with van der Waals surface area (Å²) >= 11 is 0. The van der Waals surface area contributed by atoms with Gasteiger partial charge in [-0.1, -0.05) is 29.8 Å². The van der Waals surface area contributed by atoms with Crippen LogP contribution in [0.5, 0.6) is 0 Å². The second kappa shape index (κ2) is 6.35. The van der Waals surface area contributed by atoms with Crippen molar-refractivity contribution >= 4 is 17.5 Å². The number of benzene rings is 1. The predicted molar refractivity (Wildman–Crippen MR) is 96.1 cm³/mol. The van der Waals surface area contributed by atoms with Crippen LogP contribution in [0, 0.1) is 26.7 Å². The number of anilines is 1. The molecule has 25 heavy (non-hydrogen) atoms. The number of likely N-dealkylation sites (tertiary alicyclic amines) is 1. The van der Waals surface area contributed by atoms with Gasteiger partial charge in [-0.15, -0.1) is 0 Å². The van der Waals surface area contributed by atoms with Gasteiger partial charge in [0.1, 0.15) is 0 Å². The Morgan fingerprint density at radius 1 is 1.16 bits per heavy atom. The number of carbonyl (C=O) groups is 2. The SMILES string of the molecule is Cc1ccc([C@@H]2[C@H](C(=O)Nc3c(C)nn(C)c3C)CC(=O)N2C)cc1. The monoisotopic (exact) mass is 340 g/mol. The topological polar surface area (TPSA) is 67.2 Å². The van der Waals surface area contributed by atoms with Gasteiger partial charge in [0.2, 0.25) is 11.8 Å². The summed E-state index contributed by atoms with van der Waals surface area (Å²) in [6, 6.07) is 7.77. The first-order valence-electron chi connectivity index (χ1n) is 8.43. The summed E-state index contributed by atoms with van der Waals surface area (Å²) in [5.74, 6) is -0.563. The molecule has 6 heteroatoms. The molecule has 132 valence electrons. The van der Waals surface area contributed by atoms with Gasteiger partial charge in [0.05, 0.1) is 29.0 Å². The van der Waals surface area contributed by atoms with Gasteiger partial charge in [0.15, 0.2) is 0 Å². The highest BCUT2D eigenvalue weighted by atomic mass is 16.2. The van der Waals surface area contributed by atoms with Crippen molar-refractivity contribution in [3.8, 4) is 0 Å². The Balaban J connectivity index is 1.89. The maximum Gasteiger partial charge on any atom is 0.230 e. The quantitative estimate of drug-likeness (QED) is 0.933. The summed E-state index contributed by atoms with van der Waals surface area (Å²) in [7, 11) is 3.61. The molecule has 3 rings (SSSR count). The number of aromatic nitrogens is 2. The second-order valence-electron chi connectivity index (χ2n) is 6.83. The molecule has 0 unspecified atom stereocenters. The van der Waals surface area contributed by atoms with Crippen LogP contribution in [0.25, 0.3) is 0 Å². The van der Waals surface area contributed by atoms with Gasteiger partial charge in [0.25, 0.3) is 0 Å². The third kappa shape index (κ3) is 3.04. The van der Waals surface area contributed by atoms with Crippen LogP contribution in [-0.2, 0) is 16.6 Å². The Hall–Kier alpha value is -2.63. The Morgan fingerprint density at radius 3 is 2.36 bits per heavy atom. The van der Waals surface area contributed by atoms with Crippen molar-refractivity contribution in [1.29, 1.82) is 0 Å². The molecule has 0 aliphatic carbocycles. The number of nitrogens with one attached hydrogen (secondary N) is 1. The fourth-order valence-electron chi connectivity index (χ4n) is 3.49. The lowest BCUT2D eigenvalue weighted by atomic mass is 9.92. The first-order valence-corrected chi connectivity index (χ1v) is 8.43. The molecular formula is C19H24N4O2. The van der Waals surface area contributed by atoms with E-state index in [0.29, 0.717) is 0 Å². The average molecular weight is 340 g/mol. The molecule has 1 N–H and O–H groups in total. The van der Waals surface area contributed by atoms with Crippen molar-refractivity contribution < 1.29 is 9.59 Å². The van der Waals surface area contributed by atoms with Gasteiger partial charge in [-0.05, 0) is 26.3 Å². The van der Waals surface area contributed by atoms with E-state index < -0.39 is 5.92 Å². The lowest BCUT2D eigenvalue weighted by Gasteiger charge is -2.25. The van der Waals surface area contributed by atoms with Gasteiger partial charge >= 0.3 is 0 Å². The largest absolute Gasteiger partial charge is 0.338 e. The Bertz CT molecular complexity index is 823. The van der Waals surface area contributed by atoms with E-state index in [1.165, 1.54) is 0 Å². The molecule has 1 aliphatic heterocycles. The van der Waals surface area contributed by atoms with Gasteiger partial charge in [0, 0.05) is 20.5 Å². The summed E-state index contributed by atoms with van der Waals surface area (Å²) in [5.41, 5.74) is 4.54. The molecule has 1 aromatic carbocycles. The van der Waals surface area contributed by atoms with Crippen molar-refractivity contribution in [3.05, 3.63) is 46.8 Å². The van der Waals surface area contributed by atoms with Gasteiger partial charge in [-0.3, -0.25) is 14.3 Å². The average Bonchev–Trinajstić information content (AvgIpc) is 2.99. The van der Waals surface area contributed by atoms with Gasteiger partial charge < -0.3 is 10.2 Å². The summed E-state index contributed by atoms with van der Waals surface area (Å²) in [5, 5.41) is 7.32. The molecule has 1 fully saturated rings. The van der Waals surface area contributed by atoms with Crippen LogP contribution in [-0.4, -0.2) is 33.5 Å². The summed E-state index contributed by atoms with van der Waals surface area (Å²) in [6.45, 7) is 5.80. The smallest absolute Gasteiger partial charge is 0.230 e. The molecular weight excluding hydrogens is 316 g/mol. The molecule has 1 saturated heterocycles. The van der Waals surface area contributed by atoms with Crippen LogP contribution >= 0.6 is 0 Å². The van der Waals surface area contributed by atoms with Crippen LogP contribution in [0.4, 0.5) is 5.69 Å². The van der Waals surface area contributed by atoms with Gasteiger partial charge in [-0.25, -0.2) is 0 Å². The van der Waals surface area contributed by atoms with Crippen LogP contribution < -0.4 is 5.32 Å². The minimum atomic E-state index is -0.417. The van der Waals surface area contributed by atoms with Crippen LogP contribution in [0.15, 0.2) is 24.3 Å². The minimum absolute atomic E-state index is 0.00893. The van der Waals surface area contributed by atoms with Crippen molar-refractivity contribution in [2.75, 3.05) is 12.4 Å². The van der Waals surface area contributed by atoms with E-state index in [0.717, 1.165) is 28.2 Å². The maximum atomic E-state index is 12.9. The standard InChI is InChI=1S/C19H24N4O2/c1-11-6-8-14(9-7-11)18-15(10-16(24)22(18)4)19(25)20-17-12(2)21-23(5)13(17)3/h6-9,15,18H,10H2,1-5H3,(H,20,25)/t15-,18-/m1/s1. The van der Waals surface area contributed by atoms with Crippen molar-refractivity contribution in [1.82, 2.24) is 14.7 Å². The van der Waals surface area contributed by atoms with Crippen molar-refractivity contribution in [2.24, 2.45) is 13.0 Å². The molecule has 6 nitrogen and oxygen atoms in total. The lowest BCUT2D eigenvalue weighted by molar-refractivity contribution is -0.127. The normalized spacial score (nSPS) is 20.2. The Morgan fingerprint density at radius 2 is 1.80 bits per heavy atom. The molecule has 2 aromatic rings. The summed E-state index contributed by atoms with van der Waals surface area (Å²) in [4.78, 5) is 26.9. The van der Waals surface area contributed by atoms with Crippen molar-refractivity contribution in [3.63, 3.8) is 0 Å². The van der Waals surface area contributed by atoms with E-state index in [1.807, 2.05) is 52.1 Å². The fraction of sp³-hybridized carbons (Fsp3) is 0.421. The highest BCUT2D eigenvalue weighted by Gasteiger charge is 2.42.